The lowest BCUT2D eigenvalue weighted by molar-refractivity contribution is -0.144. The van der Waals surface area contributed by atoms with E-state index in [1.165, 1.54) is 27.8 Å². The Kier molecular flexibility index (Phi) is 8.95. The summed E-state index contributed by atoms with van der Waals surface area (Å²) in [6.45, 7) is 4.18. The van der Waals surface area contributed by atoms with Crippen LogP contribution in [0.25, 0.3) is 11.1 Å². The zero-order chi connectivity index (χ0) is 30.5. The number of carboxylic acids is 1. The lowest BCUT2D eigenvalue weighted by atomic mass is 9.96. The largest absolute Gasteiger partial charge is 0.488 e. The predicted octanol–water partition coefficient (Wildman–Crippen LogP) is 7.62. The molecular weight excluding hydrogens is 548 g/mol. The summed E-state index contributed by atoms with van der Waals surface area (Å²) in [4.78, 5) is 14.2. The highest BCUT2D eigenvalue weighted by Crippen LogP contribution is 2.41. The van der Waals surface area contributed by atoms with Crippen molar-refractivity contribution in [2.75, 3.05) is 6.54 Å². The summed E-state index contributed by atoms with van der Waals surface area (Å²) in [5.41, 5.74) is 9.73. The Labute approximate surface area is 259 Å². The van der Waals surface area contributed by atoms with Crippen LogP contribution in [0.15, 0.2) is 78.9 Å². The zero-order valence-corrected chi connectivity index (χ0v) is 25.2. The molecule has 0 radical (unpaired) electrons. The molecule has 4 aromatic rings. The van der Waals surface area contributed by atoms with E-state index in [0.29, 0.717) is 31.7 Å². The van der Waals surface area contributed by atoms with Crippen molar-refractivity contribution in [2.45, 2.75) is 71.2 Å². The van der Waals surface area contributed by atoms with E-state index < -0.39 is 12.0 Å². The number of rotatable bonds is 10. The molecule has 0 bridgehead atoms. The van der Waals surface area contributed by atoms with Gasteiger partial charge in [0.05, 0.1) is 11.6 Å². The molecular formula is C38H38N2O4. The number of carboxylic acid groups (broad SMARTS) is 1. The van der Waals surface area contributed by atoms with Gasteiger partial charge < -0.3 is 14.6 Å². The van der Waals surface area contributed by atoms with Crippen LogP contribution in [-0.2, 0) is 37.4 Å². The van der Waals surface area contributed by atoms with Crippen molar-refractivity contribution in [3.63, 3.8) is 0 Å². The Morgan fingerprint density at radius 1 is 0.909 bits per heavy atom. The minimum Gasteiger partial charge on any atom is -0.488 e. The fourth-order valence-corrected chi connectivity index (χ4v) is 6.70. The van der Waals surface area contributed by atoms with E-state index in [1.807, 2.05) is 30.3 Å². The molecule has 6 rings (SSSR count). The van der Waals surface area contributed by atoms with Crippen molar-refractivity contribution in [3.05, 3.63) is 118 Å². The SMILES string of the molecule is Cc1c(COc2cc(OCc3cccc(C#N)c3)c(CN3CCCC[C@H]3C(=O)O)c3c2CCC3)cccc1-c1ccccc1. The maximum atomic E-state index is 12.1. The van der Waals surface area contributed by atoms with Crippen LogP contribution in [0.1, 0.15) is 64.6 Å². The van der Waals surface area contributed by atoms with Gasteiger partial charge >= 0.3 is 5.97 Å². The van der Waals surface area contributed by atoms with Crippen molar-refractivity contribution in [3.8, 4) is 28.7 Å². The third-order valence-electron chi connectivity index (χ3n) is 9.06. The molecule has 1 heterocycles. The van der Waals surface area contributed by atoms with Crippen LogP contribution in [0, 0.1) is 18.3 Å². The van der Waals surface area contributed by atoms with Gasteiger partial charge in [0.1, 0.15) is 30.8 Å². The number of piperidine rings is 1. The first-order valence-electron chi connectivity index (χ1n) is 15.5. The molecule has 4 aromatic carbocycles. The van der Waals surface area contributed by atoms with E-state index in [9.17, 15) is 15.2 Å². The van der Waals surface area contributed by atoms with Crippen LogP contribution in [0.4, 0.5) is 0 Å². The Balaban J connectivity index is 1.33. The van der Waals surface area contributed by atoms with Gasteiger partial charge in [0, 0.05) is 18.2 Å². The van der Waals surface area contributed by atoms with E-state index in [0.717, 1.165) is 66.8 Å². The number of likely N-dealkylation sites (tertiary alicyclic amines) is 1. The van der Waals surface area contributed by atoms with E-state index in [2.05, 4.69) is 60.4 Å². The number of nitriles is 1. The van der Waals surface area contributed by atoms with Gasteiger partial charge in [-0.05, 0) is 96.6 Å². The molecule has 1 fully saturated rings. The summed E-state index contributed by atoms with van der Waals surface area (Å²) in [6, 6.07) is 28.0. The van der Waals surface area contributed by atoms with Crippen LogP contribution in [0.2, 0.25) is 0 Å². The topological polar surface area (TPSA) is 82.8 Å². The van der Waals surface area contributed by atoms with Crippen LogP contribution >= 0.6 is 0 Å². The average molecular weight is 587 g/mol. The van der Waals surface area contributed by atoms with E-state index >= 15 is 0 Å². The number of fused-ring (bicyclic) bond motifs is 1. The van der Waals surface area contributed by atoms with Gasteiger partial charge in [0.15, 0.2) is 0 Å². The summed E-state index contributed by atoms with van der Waals surface area (Å²) >= 11 is 0. The number of nitrogens with zero attached hydrogens (tertiary/aromatic N) is 2. The first-order chi connectivity index (χ1) is 21.5. The summed E-state index contributed by atoms with van der Waals surface area (Å²) in [6.07, 6.45) is 5.45. The highest BCUT2D eigenvalue weighted by atomic mass is 16.5. The van der Waals surface area contributed by atoms with Gasteiger partial charge in [-0.2, -0.15) is 5.26 Å². The molecule has 224 valence electrons. The molecule has 0 spiro atoms. The highest BCUT2D eigenvalue weighted by molar-refractivity contribution is 5.73. The molecule has 0 unspecified atom stereocenters. The van der Waals surface area contributed by atoms with Gasteiger partial charge in [0.2, 0.25) is 0 Å². The molecule has 1 aliphatic heterocycles. The van der Waals surface area contributed by atoms with E-state index in [-0.39, 0.29) is 0 Å². The molecule has 6 nitrogen and oxygen atoms in total. The number of hydrogen-bond donors (Lipinski definition) is 1. The second-order valence-electron chi connectivity index (χ2n) is 11.8. The Morgan fingerprint density at radius 2 is 1.70 bits per heavy atom. The normalized spacial score (nSPS) is 16.2. The van der Waals surface area contributed by atoms with Crippen LogP contribution in [0.3, 0.4) is 0 Å². The van der Waals surface area contributed by atoms with Crippen molar-refractivity contribution in [2.24, 2.45) is 0 Å². The monoisotopic (exact) mass is 586 g/mol. The Bertz CT molecular complexity index is 1690. The van der Waals surface area contributed by atoms with E-state index in [1.54, 1.807) is 6.07 Å². The van der Waals surface area contributed by atoms with Gasteiger partial charge in [0.25, 0.3) is 0 Å². The summed E-state index contributed by atoms with van der Waals surface area (Å²) < 4.78 is 13.1. The fourth-order valence-electron chi connectivity index (χ4n) is 6.70. The second-order valence-corrected chi connectivity index (χ2v) is 11.8. The van der Waals surface area contributed by atoms with Gasteiger partial charge in [-0.3, -0.25) is 9.69 Å². The van der Waals surface area contributed by atoms with Crippen molar-refractivity contribution in [1.82, 2.24) is 4.90 Å². The fraction of sp³-hybridized carbons (Fsp3) is 0.316. The average Bonchev–Trinajstić information content (AvgIpc) is 3.55. The molecule has 2 aliphatic rings. The third-order valence-corrected chi connectivity index (χ3v) is 9.06. The molecule has 1 N–H and O–H groups in total. The number of ether oxygens (including phenoxy) is 2. The molecule has 6 heteroatoms. The van der Waals surface area contributed by atoms with Crippen molar-refractivity contribution < 1.29 is 19.4 Å². The van der Waals surface area contributed by atoms with Gasteiger partial charge in [-0.1, -0.05) is 67.1 Å². The molecule has 0 amide bonds. The first kappa shape index (κ1) is 29.5. The van der Waals surface area contributed by atoms with Crippen LogP contribution in [-0.4, -0.2) is 28.6 Å². The molecule has 0 saturated carbocycles. The molecule has 1 saturated heterocycles. The maximum absolute atomic E-state index is 12.1. The van der Waals surface area contributed by atoms with Gasteiger partial charge in [-0.15, -0.1) is 0 Å². The minimum absolute atomic E-state index is 0.307. The van der Waals surface area contributed by atoms with Crippen molar-refractivity contribution in [1.29, 1.82) is 5.26 Å². The standard InChI is InChI=1S/C38H38N2O4/c1-26-30(14-8-15-31(26)29-12-3-2-4-13-29)25-44-36-21-37(43-24-28-11-7-10-27(20-28)22-39)34(32-16-9-17-33(32)36)23-40-19-6-5-18-35(40)38(41)42/h2-4,7-8,10-15,20-21,35H,5-6,9,16-19,23-25H2,1H3,(H,41,42)/t35-/m0/s1. The Hall–Kier alpha value is -4.60. The third kappa shape index (κ3) is 6.34. The van der Waals surface area contributed by atoms with Crippen molar-refractivity contribution >= 4 is 5.97 Å². The van der Waals surface area contributed by atoms with Crippen LogP contribution in [0.5, 0.6) is 11.5 Å². The smallest absolute Gasteiger partial charge is 0.320 e. The van der Waals surface area contributed by atoms with Crippen LogP contribution < -0.4 is 9.47 Å². The van der Waals surface area contributed by atoms with E-state index in [4.69, 9.17) is 9.47 Å². The molecule has 1 atom stereocenters. The Morgan fingerprint density at radius 3 is 2.52 bits per heavy atom. The number of carbonyl (C=O) groups is 1. The predicted molar refractivity (Wildman–Crippen MR) is 171 cm³/mol. The number of benzene rings is 4. The quantitative estimate of drug-likeness (QED) is 0.206. The van der Waals surface area contributed by atoms with Gasteiger partial charge in [-0.25, -0.2) is 0 Å². The summed E-state index contributed by atoms with van der Waals surface area (Å²) in [5, 5.41) is 19.3. The number of aliphatic carboxylic acids is 1. The lowest BCUT2D eigenvalue weighted by Crippen LogP contribution is -2.44. The molecule has 1 aliphatic carbocycles. The summed E-state index contributed by atoms with van der Waals surface area (Å²) in [7, 11) is 0. The first-order valence-corrected chi connectivity index (χ1v) is 15.5. The molecule has 44 heavy (non-hydrogen) atoms. The minimum atomic E-state index is -0.759. The molecule has 0 aromatic heterocycles. The number of hydrogen-bond acceptors (Lipinski definition) is 5. The maximum Gasteiger partial charge on any atom is 0.320 e. The summed E-state index contributed by atoms with van der Waals surface area (Å²) in [5.74, 6) is 0.803. The lowest BCUT2D eigenvalue weighted by Gasteiger charge is -2.34. The zero-order valence-electron chi connectivity index (χ0n) is 25.2. The highest BCUT2D eigenvalue weighted by Gasteiger charge is 2.32. The second kappa shape index (κ2) is 13.4.